The number of nitrogens with zero attached hydrogens (tertiary/aromatic N) is 1. The summed E-state index contributed by atoms with van der Waals surface area (Å²) in [5.41, 5.74) is 0.386. The molecule has 0 aromatic heterocycles. The zero-order valence-electron chi connectivity index (χ0n) is 12.7. The summed E-state index contributed by atoms with van der Waals surface area (Å²) in [7, 11) is 1.66. The molecule has 2 aliphatic rings. The Labute approximate surface area is 131 Å². The molecule has 0 aliphatic carbocycles. The average molecular weight is 267 g/mol. The molecule has 0 unspecified atom stereocenters. The van der Waals surface area contributed by atoms with Crippen molar-refractivity contribution in [3.8, 4) is 5.75 Å². The van der Waals surface area contributed by atoms with Crippen molar-refractivity contribution < 1.29 is 33.1 Å². The number of hydrogen-bond donors (Lipinski definition) is 0. The fraction of sp³-hybridized carbons (Fsp3) is 0.467. The van der Waals surface area contributed by atoms with E-state index in [1.807, 2.05) is 31.2 Å². The third-order valence-corrected chi connectivity index (χ3v) is 3.42. The first-order chi connectivity index (χ1) is 8.94. The molecule has 2 aliphatic heterocycles. The molecule has 4 nitrogen and oxygen atoms in total. The molecule has 2 heterocycles. The zero-order valence-corrected chi connectivity index (χ0v) is 12.7. The van der Waals surface area contributed by atoms with Crippen LogP contribution in [0.1, 0.15) is 26.3 Å². The van der Waals surface area contributed by atoms with Crippen molar-refractivity contribution in [2.24, 2.45) is 4.99 Å². The molecule has 102 valence electrons. The number of hydrogen-bond acceptors (Lipinski definition) is 4. The minimum Gasteiger partial charge on any atom is -0.499 e. The standard InChI is InChI=1S/C15H18NO3.Li/c1-14(2)9-18-13(16-14)15(3)12(19-15)10-5-7-11(17-4)8-6-10;/h5-8H,9H2,1-4H3;/q-1;+1/t15-;/m1./s1. The van der Waals surface area contributed by atoms with Crippen LogP contribution in [0.3, 0.4) is 0 Å². The van der Waals surface area contributed by atoms with Gasteiger partial charge in [-0.15, -0.1) is 0 Å². The quantitative estimate of drug-likeness (QED) is 0.424. The van der Waals surface area contributed by atoms with Crippen molar-refractivity contribution >= 4 is 5.90 Å². The van der Waals surface area contributed by atoms with Crippen molar-refractivity contribution in [2.75, 3.05) is 13.7 Å². The van der Waals surface area contributed by atoms with Crippen LogP contribution < -0.4 is 23.6 Å². The summed E-state index contributed by atoms with van der Waals surface area (Å²) in [5, 5.41) is 0. The molecule has 0 amide bonds. The monoisotopic (exact) mass is 267 g/mol. The Bertz CT molecular complexity index is 526. The second kappa shape index (κ2) is 5.03. The number of benzene rings is 1. The van der Waals surface area contributed by atoms with E-state index >= 15 is 0 Å². The van der Waals surface area contributed by atoms with Gasteiger partial charge in [0.25, 0.3) is 0 Å². The topological polar surface area (TPSA) is 43.3 Å². The summed E-state index contributed by atoms with van der Waals surface area (Å²) in [4.78, 5) is 4.59. The van der Waals surface area contributed by atoms with E-state index in [1.54, 1.807) is 7.11 Å². The molecule has 1 fully saturated rings. The molecule has 1 atom stereocenters. The summed E-state index contributed by atoms with van der Waals surface area (Å²) in [6, 6.07) is 7.82. The number of aliphatic imine (C=N–C) groups is 1. The van der Waals surface area contributed by atoms with Crippen LogP contribution in [0.5, 0.6) is 5.75 Å². The van der Waals surface area contributed by atoms with Gasteiger partial charge in [0.15, 0.2) is 0 Å². The minimum atomic E-state index is -0.498. The molecule has 20 heavy (non-hydrogen) atoms. The van der Waals surface area contributed by atoms with E-state index in [0.717, 1.165) is 17.4 Å². The van der Waals surface area contributed by atoms with Crippen molar-refractivity contribution in [2.45, 2.75) is 31.9 Å². The van der Waals surface area contributed by atoms with Crippen LogP contribution in [0.25, 0.3) is 0 Å². The van der Waals surface area contributed by atoms with Crippen molar-refractivity contribution in [1.29, 1.82) is 0 Å². The smallest absolute Gasteiger partial charge is 0.499 e. The summed E-state index contributed by atoms with van der Waals surface area (Å²) in [5.74, 6) is 1.52. The average Bonchev–Trinajstić information content (AvgIpc) is 2.94. The van der Waals surface area contributed by atoms with Gasteiger partial charge in [-0.05, 0) is 26.9 Å². The molecule has 1 aromatic rings. The van der Waals surface area contributed by atoms with Gasteiger partial charge in [-0.25, -0.2) is 4.99 Å². The van der Waals surface area contributed by atoms with E-state index in [9.17, 15) is 0 Å². The van der Waals surface area contributed by atoms with E-state index in [-0.39, 0.29) is 24.4 Å². The molecule has 0 spiro atoms. The second-order valence-electron chi connectivity index (χ2n) is 5.71. The molecule has 1 aromatic carbocycles. The van der Waals surface area contributed by atoms with Crippen LogP contribution in [0.2, 0.25) is 0 Å². The largest absolute Gasteiger partial charge is 1.00 e. The number of methoxy groups -OCH3 is 1. The van der Waals surface area contributed by atoms with Gasteiger partial charge in [0, 0.05) is 0 Å². The van der Waals surface area contributed by atoms with E-state index in [1.165, 1.54) is 0 Å². The van der Waals surface area contributed by atoms with Gasteiger partial charge in [-0.3, -0.25) is 0 Å². The van der Waals surface area contributed by atoms with Crippen LogP contribution in [0.4, 0.5) is 0 Å². The van der Waals surface area contributed by atoms with Gasteiger partial charge in [0.2, 0.25) is 5.90 Å². The third kappa shape index (κ3) is 2.56. The van der Waals surface area contributed by atoms with Gasteiger partial charge >= 0.3 is 18.9 Å². The fourth-order valence-corrected chi connectivity index (χ4v) is 2.22. The van der Waals surface area contributed by atoms with Crippen LogP contribution in [0.15, 0.2) is 29.3 Å². The first-order valence-corrected chi connectivity index (χ1v) is 6.39. The van der Waals surface area contributed by atoms with Gasteiger partial charge < -0.3 is 14.2 Å². The fourth-order valence-electron chi connectivity index (χ4n) is 2.22. The van der Waals surface area contributed by atoms with E-state index in [2.05, 4.69) is 18.8 Å². The summed E-state index contributed by atoms with van der Waals surface area (Å²) in [6.45, 7) is 6.71. The Morgan fingerprint density at radius 3 is 2.35 bits per heavy atom. The molecule has 5 heteroatoms. The van der Waals surface area contributed by atoms with Crippen molar-refractivity contribution in [1.82, 2.24) is 0 Å². The molecular formula is C15H18LiNO3. The van der Waals surface area contributed by atoms with Gasteiger partial charge in [0.05, 0.1) is 18.4 Å². The van der Waals surface area contributed by atoms with Gasteiger partial charge in [-0.1, -0.05) is 12.1 Å². The predicted octanol–water partition coefficient (Wildman–Crippen LogP) is -0.425. The first kappa shape index (κ1) is 15.3. The summed E-state index contributed by atoms with van der Waals surface area (Å²) in [6.07, 6.45) is 0.909. The SMILES string of the molecule is COc1ccc([C-]2O[C@@]2(C)C2=NC(C)(C)CO2)cc1.[Li+]. The normalized spacial score (nSPS) is 26.4. The maximum Gasteiger partial charge on any atom is 1.00 e. The molecule has 1 saturated heterocycles. The van der Waals surface area contributed by atoms with Crippen LogP contribution in [-0.2, 0) is 9.47 Å². The molecule has 0 radical (unpaired) electrons. The number of ether oxygens (including phenoxy) is 3. The van der Waals surface area contributed by atoms with E-state index in [4.69, 9.17) is 14.2 Å². The van der Waals surface area contributed by atoms with Gasteiger partial charge in [-0.2, -0.15) is 17.7 Å². The zero-order chi connectivity index (χ0) is 13.7. The Hall–Kier alpha value is -1.08. The van der Waals surface area contributed by atoms with Crippen LogP contribution in [-0.4, -0.2) is 30.8 Å². The number of rotatable bonds is 3. The minimum absolute atomic E-state index is 0. The Kier molecular flexibility index (Phi) is 3.85. The third-order valence-electron chi connectivity index (χ3n) is 3.42. The van der Waals surface area contributed by atoms with E-state index < -0.39 is 5.60 Å². The molecule has 0 bridgehead atoms. The summed E-state index contributed by atoms with van der Waals surface area (Å²) >= 11 is 0. The molecule has 0 saturated carbocycles. The predicted molar refractivity (Wildman–Crippen MR) is 72.3 cm³/mol. The Balaban J connectivity index is 0.00000147. The van der Waals surface area contributed by atoms with Gasteiger partial charge in [0.1, 0.15) is 12.2 Å². The first-order valence-electron chi connectivity index (χ1n) is 6.39. The number of epoxide rings is 1. The van der Waals surface area contributed by atoms with E-state index in [0.29, 0.717) is 12.5 Å². The molecule has 3 rings (SSSR count). The maximum absolute atomic E-state index is 5.76. The van der Waals surface area contributed by atoms with Crippen LogP contribution >= 0.6 is 0 Å². The summed E-state index contributed by atoms with van der Waals surface area (Å²) < 4.78 is 16.6. The Morgan fingerprint density at radius 1 is 1.20 bits per heavy atom. The maximum atomic E-state index is 5.76. The molecular weight excluding hydrogens is 249 g/mol. The Morgan fingerprint density at radius 2 is 1.85 bits per heavy atom. The van der Waals surface area contributed by atoms with Crippen molar-refractivity contribution in [3.63, 3.8) is 0 Å². The molecule has 0 N–H and O–H groups in total. The second-order valence-corrected chi connectivity index (χ2v) is 5.71. The van der Waals surface area contributed by atoms with Crippen LogP contribution in [0, 0.1) is 6.10 Å². The van der Waals surface area contributed by atoms with Crippen molar-refractivity contribution in [3.05, 3.63) is 35.9 Å².